The third-order valence-corrected chi connectivity index (χ3v) is 3.39. The van der Waals surface area contributed by atoms with Crippen molar-refractivity contribution in [1.29, 1.82) is 0 Å². The van der Waals surface area contributed by atoms with Crippen molar-refractivity contribution in [2.75, 3.05) is 10.6 Å². The maximum absolute atomic E-state index is 13.5. The molecule has 0 aliphatic heterocycles. The summed E-state index contributed by atoms with van der Waals surface area (Å²) in [7, 11) is 0. The van der Waals surface area contributed by atoms with Crippen LogP contribution in [0.15, 0.2) is 42.5 Å². The van der Waals surface area contributed by atoms with Crippen molar-refractivity contribution in [1.82, 2.24) is 0 Å². The van der Waals surface area contributed by atoms with E-state index >= 15 is 0 Å². The van der Waals surface area contributed by atoms with Crippen LogP contribution < -0.4 is 10.6 Å². The van der Waals surface area contributed by atoms with Crippen LogP contribution in [-0.4, -0.2) is 11.8 Å². The van der Waals surface area contributed by atoms with Gasteiger partial charge in [0.2, 0.25) is 0 Å². The Bertz CT molecular complexity index is 766. The lowest BCUT2D eigenvalue weighted by Gasteiger charge is -2.19. The molecule has 0 aromatic heterocycles. The molecule has 0 aliphatic rings. The number of rotatable bonds is 2. The van der Waals surface area contributed by atoms with Crippen molar-refractivity contribution in [3.8, 4) is 0 Å². The Morgan fingerprint density at radius 1 is 0.875 bits per heavy atom. The number of hydrogen-bond acceptors (Lipinski definition) is 2. The summed E-state index contributed by atoms with van der Waals surface area (Å²) < 4.78 is 26.3. The Labute approximate surface area is 138 Å². The monoisotopic (exact) mass is 332 g/mol. The van der Waals surface area contributed by atoms with Gasteiger partial charge in [-0.2, -0.15) is 0 Å². The number of amides is 2. The lowest BCUT2D eigenvalue weighted by atomic mass is 9.87. The van der Waals surface area contributed by atoms with Crippen molar-refractivity contribution in [3.63, 3.8) is 0 Å². The Balaban J connectivity index is 2.02. The first-order valence-corrected chi connectivity index (χ1v) is 7.35. The molecule has 0 fully saturated rings. The van der Waals surface area contributed by atoms with Gasteiger partial charge >= 0.3 is 11.8 Å². The fourth-order valence-electron chi connectivity index (χ4n) is 2.01. The van der Waals surface area contributed by atoms with Crippen molar-refractivity contribution in [2.45, 2.75) is 26.2 Å². The maximum Gasteiger partial charge on any atom is 0.314 e. The van der Waals surface area contributed by atoms with E-state index in [1.165, 1.54) is 0 Å². The fourth-order valence-corrected chi connectivity index (χ4v) is 2.01. The van der Waals surface area contributed by atoms with E-state index in [2.05, 4.69) is 31.4 Å². The van der Waals surface area contributed by atoms with E-state index in [9.17, 15) is 18.4 Å². The molecular weight excluding hydrogens is 314 g/mol. The number of anilines is 2. The topological polar surface area (TPSA) is 58.2 Å². The molecule has 0 saturated carbocycles. The molecule has 0 bridgehead atoms. The summed E-state index contributed by atoms with van der Waals surface area (Å²) in [5, 5.41) is 4.52. The summed E-state index contributed by atoms with van der Waals surface area (Å²) in [5.41, 5.74) is 1.24. The lowest BCUT2D eigenvalue weighted by molar-refractivity contribution is -0.133. The van der Waals surface area contributed by atoms with Gasteiger partial charge in [0, 0.05) is 11.8 Å². The number of benzene rings is 2. The highest BCUT2D eigenvalue weighted by Crippen LogP contribution is 2.23. The van der Waals surface area contributed by atoms with Crippen LogP contribution in [0.5, 0.6) is 0 Å². The van der Waals surface area contributed by atoms with Crippen molar-refractivity contribution in [3.05, 3.63) is 59.7 Å². The van der Waals surface area contributed by atoms with Crippen LogP contribution in [0.4, 0.5) is 20.2 Å². The summed E-state index contributed by atoms with van der Waals surface area (Å²) in [6.45, 7) is 6.18. The van der Waals surface area contributed by atoms with Gasteiger partial charge in [0.25, 0.3) is 0 Å². The molecule has 2 aromatic carbocycles. The van der Waals surface area contributed by atoms with Gasteiger partial charge in [0.15, 0.2) is 0 Å². The molecule has 0 radical (unpaired) electrons. The van der Waals surface area contributed by atoms with E-state index in [-0.39, 0.29) is 11.1 Å². The van der Waals surface area contributed by atoms with Gasteiger partial charge in [-0.05, 0) is 35.2 Å². The van der Waals surface area contributed by atoms with Gasteiger partial charge in [0.1, 0.15) is 11.6 Å². The predicted molar refractivity (Wildman–Crippen MR) is 88.8 cm³/mol. The van der Waals surface area contributed by atoms with E-state index in [0.717, 1.165) is 17.7 Å². The van der Waals surface area contributed by atoms with Crippen LogP contribution in [0.3, 0.4) is 0 Å². The van der Waals surface area contributed by atoms with E-state index in [1.807, 2.05) is 12.1 Å². The van der Waals surface area contributed by atoms with Gasteiger partial charge in [-0.1, -0.05) is 32.9 Å². The Morgan fingerprint density at radius 3 is 2.00 bits per heavy atom. The van der Waals surface area contributed by atoms with Crippen molar-refractivity contribution < 1.29 is 18.4 Å². The van der Waals surface area contributed by atoms with E-state index < -0.39 is 23.4 Å². The molecule has 0 aliphatic carbocycles. The minimum absolute atomic E-state index is 0.0278. The fraction of sp³-hybridized carbons (Fsp3) is 0.222. The lowest BCUT2D eigenvalue weighted by Crippen LogP contribution is -2.29. The second-order valence-corrected chi connectivity index (χ2v) is 6.36. The highest BCUT2D eigenvalue weighted by atomic mass is 19.1. The zero-order chi connectivity index (χ0) is 17.9. The first kappa shape index (κ1) is 17.6. The Hall–Kier alpha value is -2.76. The van der Waals surface area contributed by atoms with Crippen molar-refractivity contribution in [2.24, 2.45) is 0 Å². The minimum atomic E-state index is -1.04. The summed E-state index contributed by atoms with van der Waals surface area (Å²) in [5.74, 6) is -3.71. The number of carbonyl (C=O) groups excluding carboxylic acids is 2. The molecule has 4 nitrogen and oxygen atoms in total. The summed E-state index contributed by atoms with van der Waals surface area (Å²) in [4.78, 5) is 23.7. The standard InChI is InChI=1S/C18H18F2N2O2/c1-18(2,3)11-4-7-13(8-5-11)21-16(23)17(24)22-15-9-6-12(19)10-14(15)20/h4-10H,1-3H3,(H,21,23)(H,22,24). The van der Waals surface area contributed by atoms with Crippen LogP contribution >= 0.6 is 0 Å². The third-order valence-electron chi connectivity index (χ3n) is 3.39. The zero-order valence-corrected chi connectivity index (χ0v) is 13.6. The molecule has 2 aromatic rings. The summed E-state index contributed by atoms with van der Waals surface area (Å²) >= 11 is 0. The van der Waals surface area contributed by atoms with Gasteiger partial charge in [-0.3, -0.25) is 9.59 Å². The number of carbonyl (C=O) groups is 2. The van der Waals surface area contributed by atoms with Crippen LogP contribution in [0.1, 0.15) is 26.3 Å². The molecule has 2 rings (SSSR count). The molecular formula is C18H18F2N2O2. The molecule has 24 heavy (non-hydrogen) atoms. The third kappa shape index (κ3) is 4.38. The van der Waals surface area contributed by atoms with Gasteiger partial charge in [-0.15, -0.1) is 0 Å². The van der Waals surface area contributed by atoms with Gasteiger partial charge in [0.05, 0.1) is 5.69 Å². The summed E-state index contributed by atoms with van der Waals surface area (Å²) in [6, 6.07) is 9.74. The van der Waals surface area contributed by atoms with Crippen LogP contribution in [0, 0.1) is 11.6 Å². The molecule has 0 heterocycles. The zero-order valence-electron chi connectivity index (χ0n) is 13.6. The highest BCUT2D eigenvalue weighted by Gasteiger charge is 2.17. The van der Waals surface area contributed by atoms with Crippen molar-refractivity contribution >= 4 is 23.2 Å². The minimum Gasteiger partial charge on any atom is -0.318 e. The van der Waals surface area contributed by atoms with Gasteiger partial charge < -0.3 is 10.6 Å². The average Bonchev–Trinajstić information content (AvgIpc) is 2.49. The van der Waals surface area contributed by atoms with Crippen LogP contribution in [-0.2, 0) is 15.0 Å². The molecule has 6 heteroatoms. The van der Waals surface area contributed by atoms with E-state index in [0.29, 0.717) is 11.8 Å². The normalized spacial score (nSPS) is 11.0. The highest BCUT2D eigenvalue weighted by molar-refractivity contribution is 6.43. The van der Waals surface area contributed by atoms with E-state index in [4.69, 9.17) is 0 Å². The second kappa shape index (κ2) is 6.78. The maximum atomic E-state index is 13.5. The predicted octanol–water partition coefficient (Wildman–Crippen LogP) is 3.84. The second-order valence-electron chi connectivity index (χ2n) is 6.36. The Morgan fingerprint density at radius 2 is 1.46 bits per heavy atom. The first-order chi connectivity index (χ1) is 11.2. The average molecular weight is 332 g/mol. The summed E-state index contributed by atoms with van der Waals surface area (Å²) in [6.07, 6.45) is 0. The molecule has 2 amide bonds. The van der Waals surface area contributed by atoms with Crippen LogP contribution in [0.2, 0.25) is 0 Å². The Kier molecular flexibility index (Phi) is 4.97. The smallest absolute Gasteiger partial charge is 0.314 e. The number of halogens is 2. The molecule has 2 N–H and O–H groups in total. The van der Waals surface area contributed by atoms with E-state index in [1.54, 1.807) is 12.1 Å². The largest absolute Gasteiger partial charge is 0.318 e. The first-order valence-electron chi connectivity index (χ1n) is 7.35. The molecule has 0 unspecified atom stereocenters. The van der Waals surface area contributed by atoms with Gasteiger partial charge in [-0.25, -0.2) is 8.78 Å². The molecule has 0 spiro atoms. The quantitative estimate of drug-likeness (QED) is 0.821. The SMILES string of the molecule is CC(C)(C)c1ccc(NC(=O)C(=O)Nc2ccc(F)cc2F)cc1. The van der Waals surface area contributed by atoms with Crippen LogP contribution in [0.25, 0.3) is 0 Å². The number of nitrogens with one attached hydrogen (secondary N) is 2. The molecule has 126 valence electrons. The molecule has 0 saturated heterocycles. The number of hydrogen-bond donors (Lipinski definition) is 2. The molecule has 0 atom stereocenters.